The van der Waals surface area contributed by atoms with Gasteiger partial charge in [0, 0.05) is 19.0 Å². The van der Waals surface area contributed by atoms with E-state index in [1.165, 1.54) is 0 Å². The van der Waals surface area contributed by atoms with Gasteiger partial charge in [-0.1, -0.05) is 6.07 Å². The number of likely N-dealkylation sites (tertiary alicyclic amines) is 1. The molecule has 1 aromatic carbocycles. The van der Waals surface area contributed by atoms with Gasteiger partial charge in [0.15, 0.2) is 0 Å². The third-order valence-corrected chi connectivity index (χ3v) is 5.63. The van der Waals surface area contributed by atoms with E-state index in [-0.39, 0.29) is 25.9 Å². The van der Waals surface area contributed by atoms with Gasteiger partial charge in [0.1, 0.15) is 5.82 Å². The first-order chi connectivity index (χ1) is 10.2. The van der Waals surface area contributed by atoms with Crippen molar-refractivity contribution in [1.82, 2.24) is 4.90 Å². The summed E-state index contributed by atoms with van der Waals surface area (Å²) < 4.78 is 65.9. The van der Waals surface area contributed by atoms with Crippen LogP contribution in [0.3, 0.4) is 0 Å². The first-order valence-corrected chi connectivity index (χ1v) is 8.00. The Kier molecular flexibility index (Phi) is 4.37. The van der Waals surface area contributed by atoms with Gasteiger partial charge in [0.25, 0.3) is 0 Å². The molecule has 9 heteroatoms. The third kappa shape index (κ3) is 2.90. The fraction of sp³-hybridized carbons (Fsp3) is 0.462. The second-order valence-electron chi connectivity index (χ2n) is 5.07. The Morgan fingerprint density at radius 2 is 1.86 bits per heavy atom. The number of carbonyl (C=O) groups is 1. The van der Waals surface area contributed by atoms with Crippen molar-refractivity contribution in [2.75, 3.05) is 13.1 Å². The molecule has 1 N–H and O–H groups in total. The van der Waals surface area contributed by atoms with Crippen molar-refractivity contribution in [3.8, 4) is 0 Å². The van der Waals surface area contributed by atoms with Gasteiger partial charge in [-0.2, -0.15) is 8.78 Å². The Hall–Kier alpha value is -1.77. The molecular weight excluding hydrogens is 323 g/mol. The van der Waals surface area contributed by atoms with Crippen LogP contribution in [0.5, 0.6) is 0 Å². The summed E-state index contributed by atoms with van der Waals surface area (Å²) in [6, 6.07) is 3.47. The number of alkyl halides is 2. The molecule has 1 heterocycles. The largest absolute Gasteiger partial charge is 0.465 e. The molecule has 0 bridgehead atoms. The molecule has 0 unspecified atom stereocenters. The standard InChI is InChI=1S/C13H14F3NO4S/c14-10-2-1-3-11(8-10)22(20,21)13(15,16)9-4-6-17(7-5-9)12(18)19/h1-3,8-9H,4-7H2,(H,18,19). The molecule has 1 saturated heterocycles. The van der Waals surface area contributed by atoms with Crippen LogP contribution >= 0.6 is 0 Å². The number of hydrogen-bond donors (Lipinski definition) is 1. The summed E-state index contributed by atoms with van der Waals surface area (Å²) >= 11 is 0. The molecule has 0 saturated carbocycles. The predicted molar refractivity (Wildman–Crippen MR) is 70.9 cm³/mol. The van der Waals surface area contributed by atoms with Crippen molar-refractivity contribution in [2.24, 2.45) is 5.92 Å². The molecule has 0 aromatic heterocycles. The molecule has 22 heavy (non-hydrogen) atoms. The molecule has 1 amide bonds. The maximum absolute atomic E-state index is 14.4. The minimum absolute atomic E-state index is 0.158. The smallest absolute Gasteiger partial charge is 0.407 e. The fourth-order valence-corrected chi connectivity index (χ4v) is 3.93. The minimum Gasteiger partial charge on any atom is -0.465 e. The lowest BCUT2D eigenvalue weighted by atomic mass is 9.97. The summed E-state index contributed by atoms with van der Waals surface area (Å²) in [5.41, 5.74) is 0. The van der Waals surface area contributed by atoms with Crippen LogP contribution in [0.15, 0.2) is 29.2 Å². The van der Waals surface area contributed by atoms with Crippen LogP contribution in [0.2, 0.25) is 0 Å². The number of halogens is 3. The predicted octanol–water partition coefficient (Wildman–Crippen LogP) is 2.58. The Labute approximate surface area is 125 Å². The summed E-state index contributed by atoms with van der Waals surface area (Å²) in [6.07, 6.45) is -1.77. The lowest BCUT2D eigenvalue weighted by Gasteiger charge is -2.34. The van der Waals surface area contributed by atoms with Crippen LogP contribution in [-0.2, 0) is 9.84 Å². The average Bonchev–Trinajstić information content (AvgIpc) is 2.47. The quantitative estimate of drug-likeness (QED) is 0.920. The maximum atomic E-state index is 14.4. The average molecular weight is 337 g/mol. The lowest BCUT2D eigenvalue weighted by Crippen LogP contribution is -2.46. The van der Waals surface area contributed by atoms with Gasteiger partial charge in [-0.3, -0.25) is 0 Å². The number of benzene rings is 1. The summed E-state index contributed by atoms with van der Waals surface area (Å²) in [5, 5.41) is 4.70. The minimum atomic E-state index is -5.04. The van der Waals surface area contributed by atoms with Crippen LogP contribution in [-0.4, -0.2) is 42.9 Å². The highest BCUT2D eigenvalue weighted by Crippen LogP contribution is 2.40. The SMILES string of the molecule is O=C(O)N1CCC(C(F)(F)S(=O)(=O)c2cccc(F)c2)CC1. The molecule has 1 fully saturated rings. The Balaban J connectivity index is 2.24. The van der Waals surface area contributed by atoms with Crippen molar-refractivity contribution in [3.63, 3.8) is 0 Å². The van der Waals surface area contributed by atoms with E-state index in [1.54, 1.807) is 0 Å². The Bertz CT molecular complexity index is 670. The van der Waals surface area contributed by atoms with Gasteiger partial charge in [0.2, 0.25) is 9.84 Å². The Morgan fingerprint density at radius 1 is 1.27 bits per heavy atom. The molecule has 1 aromatic rings. The van der Waals surface area contributed by atoms with E-state index in [2.05, 4.69) is 0 Å². The molecule has 0 spiro atoms. The zero-order valence-corrected chi connectivity index (χ0v) is 12.2. The number of nitrogens with zero attached hydrogens (tertiary/aromatic N) is 1. The van der Waals surface area contributed by atoms with E-state index in [0.717, 1.165) is 23.1 Å². The molecule has 2 rings (SSSR count). The number of rotatable bonds is 3. The van der Waals surface area contributed by atoms with Gasteiger partial charge in [0.05, 0.1) is 4.90 Å². The van der Waals surface area contributed by atoms with Crippen LogP contribution in [0.25, 0.3) is 0 Å². The number of carboxylic acid groups (broad SMARTS) is 1. The van der Waals surface area contributed by atoms with Crippen LogP contribution < -0.4 is 0 Å². The molecule has 0 radical (unpaired) electrons. The van der Waals surface area contributed by atoms with E-state index in [1.807, 2.05) is 0 Å². The van der Waals surface area contributed by atoms with Gasteiger partial charge in [-0.05, 0) is 31.0 Å². The Morgan fingerprint density at radius 3 is 2.36 bits per heavy atom. The van der Waals surface area contributed by atoms with Crippen LogP contribution in [0, 0.1) is 11.7 Å². The van der Waals surface area contributed by atoms with E-state index in [9.17, 15) is 26.4 Å². The topological polar surface area (TPSA) is 74.7 Å². The molecule has 122 valence electrons. The van der Waals surface area contributed by atoms with Gasteiger partial charge >= 0.3 is 11.3 Å². The van der Waals surface area contributed by atoms with Gasteiger partial charge < -0.3 is 10.0 Å². The highest BCUT2D eigenvalue weighted by molar-refractivity contribution is 7.92. The number of hydrogen-bond acceptors (Lipinski definition) is 3. The maximum Gasteiger partial charge on any atom is 0.407 e. The van der Waals surface area contributed by atoms with Crippen molar-refractivity contribution in [1.29, 1.82) is 0 Å². The molecule has 0 aliphatic carbocycles. The molecular formula is C13H14F3NO4S. The van der Waals surface area contributed by atoms with Crippen molar-refractivity contribution < 1.29 is 31.5 Å². The van der Waals surface area contributed by atoms with Gasteiger partial charge in [-0.25, -0.2) is 17.6 Å². The first kappa shape index (κ1) is 16.6. The zero-order valence-electron chi connectivity index (χ0n) is 11.4. The second-order valence-corrected chi connectivity index (χ2v) is 7.09. The molecule has 1 aliphatic heterocycles. The van der Waals surface area contributed by atoms with Crippen molar-refractivity contribution in [2.45, 2.75) is 23.0 Å². The normalized spacial score (nSPS) is 17.5. The summed E-state index contributed by atoms with van der Waals surface area (Å²) in [7, 11) is -5.04. The summed E-state index contributed by atoms with van der Waals surface area (Å²) in [6.45, 7) is -0.317. The highest BCUT2D eigenvalue weighted by Gasteiger charge is 2.53. The van der Waals surface area contributed by atoms with Gasteiger partial charge in [-0.15, -0.1) is 0 Å². The molecule has 1 aliphatic rings. The lowest BCUT2D eigenvalue weighted by molar-refractivity contribution is -0.00349. The van der Waals surface area contributed by atoms with E-state index in [0.29, 0.717) is 6.07 Å². The summed E-state index contributed by atoms with van der Waals surface area (Å²) in [4.78, 5) is 10.9. The van der Waals surface area contributed by atoms with Crippen LogP contribution in [0.1, 0.15) is 12.8 Å². The van der Waals surface area contributed by atoms with Crippen molar-refractivity contribution >= 4 is 15.9 Å². The van der Waals surface area contributed by atoms with Crippen LogP contribution in [0.4, 0.5) is 18.0 Å². The first-order valence-electron chi connectivity index (χ1n) is 6.52. The number of piperidine rings is 1. The number of sulfone groups is 1. The zero-order chi connectivity index (χ0) is 16.5. The monoisotopic (exact) mass is 337 g/mol. The van der Waals surface area contributed by atoms with Crippen molar-refractivity contribution in [3.05, 3.63) is 30.1 Å². The number of amides is 1. The summed E-state index contributed by atoms with van der Waals surface area (Å²) in [5.74, 6) is -2.42. The van der Waals surface area contributed by atoms with E-state index in [4.69, 9.17) is 5.11 Å². The molecule has 0 atom stereocenters. The fourth-order valence-electron chi connectivity index (χ4n) is 2.42. The highest BCUT2D eigenvalue weighted by atomic mass is 32.2. The third-order valence-electron chi connectivity index (χ3n) is 3.71. The van der Waals surface area contributed by atoms with E-state index < -0.39 is 37.8 Å². The van der Waals surface area contributed by atoms with E-state index >= 15 is 0 Å². The second kappa shape index (κ2) is 5.79. The molecule has 5 nitrogen and oxygen atoms in total.